The number of nitrogens with one attached hydrogen (secondary N) is 1. The average molecular weight is 316 g/mol. The molecule has 0 aliphatic heterocycles. The Hall–Kier alpha value is -1.07. The van der Waals surface area contributed by atoms with Gasteiger partial charge in [-0.15, -0.1) is 0 Å². The quantitative estimate of drug-likeness (QED) is 0.942. The Morgan fingerprint density at radius 3 is 3.06 bits per heavy atom. The summed E-state index contributed by atoms with van der Waals surface area (Å²) in [4.78, 5) is 4.23. The van der Waals surface area contributed by atoms with E-state index in [9.17, 15) is 0 Å². The molecule has 0 amide bonds. The largest absolute Gasteiger partial charge is 0.365 e. The maximum absolute atomic E-state index is 5.83. The van der Waals surface area contributed by atoms with Crippen LogP contribution in [-0.2, 0) is 6.54 Å². The smallest absolute Gasteiger partial charge is 0.140 e. The van der Waals surface area contributed by atoms with E-state index >= 15 is 0 Å². The minimum Gasteiger partial charge on any atom is -0.365 e. The Morgan fingerprint density at radius 2 is 2.41 bits per heavy atom. The molecule has 2 heterocycles. The van der Waals surface area contributed by atoms with Crippen molar-refractivity contribution in [1.82, 2.24) is 14.8 Å². The molecular weight excluding hydrogens is 304 g/mol. The van der Waals surface area contributed by atoms with Crippen LogP contribution in [0.4, 0.5) is 5.82 Å². The van der Waals surface area contributed by atoms with Crippen molar-refractivity contribution >= 4 is 33.3 Å². The lowest BCUT2D eigenvalue weighted by Crippen LogP contribution is -2.23. The lowest BCUT2D eigenvalue weighted by molar-refractivity contribution is 0.559. The molecule has 2 rings (SSSR count). The molecule has 1 N–H and O–H groups in total. The van der Waals surface area contributed by atoms with Crippen LogP contribution in [0.3, 0.4) is 0 Å². The molecule has 4 nitrogen and oxygen atoms in total. The van der Waals surface area contributed by atoms with Crippen LogP contribution >= 0.6 is 27.5 Å². The predicted molar refractivity (Wildman–Crippen MR) is 72.3 cm³/mol. The summed E-state index contributed by atoms with van der Waals surface area (Å²) in [6, 6.07) is 3.95. The first-order chi connectivity index (χ1) is 8.15. The fourth-order valence-corrected chi connectivity index (χ4v) is 2.24. The van der Waals surface area contributed by atoms with Crippen molar-refractivity contribution in [2.75, 3.05) is 5.32 Å². The first-order valence-corrected chi connectivity index (χ1v) is 6.37. The maximum atomic E-state index is 5.83. The number of anilines is 1. The van der Waals surface area contributed by atoms with Crippen molar-refractivity contribution in [3.63, 3.8) is 0 Å². The number of pyridine rings is 1. The van der Waals surface area contributed by atoms with Gasteiger partial charge >= 0.3 is 0 Å². The topological polar surface area (TPSA) is 42.7 Å². The normalized spacial score (nSPS) is 12.4. The van der Waals surface area contributed by atoms with Gasteiger partial charge in [0.2, 0.25) is 0 Å². The summed E-state index contributed by atoms with van der Waals surface area (Å²) in [5.74, 6) is 0.786. The first kappa shape index (κ1) is 12.4. The van der Waals surface area contributed by atoms with E-state index in [1.54, 1.807) is 12.4 Å². The Labute approximate surface area is 113 Å². The number of hydrogen-bond donors (Lipinski definition) is 1. The summed E-state index contributed by atoms with van der Waals surface area (Å²) < 4.78 is 2.74. The molecule has 0 radical (unpaired) electrons. The highest BCUT2D eigenvalue weighted by Crippen LogP contribution is 2.23. The molecule has 0 saturated heterocycles. The number of aromatic nitrogens is 3. The molecule has 0 fully saturated rings. The van der Waals surface area contributed by atoms with Gasteiger partial charge in [0.1, 0.15) is 5.82 Å². The zero-order valence-electron chi connectivity index (χ0n) is 9.27. The van der Waals surface area contributed by atoms with E-state index in [2.05, 4.69) is 38.3 Å². The zero-order valence-corrected chi connectivity index (χ0v) is 11.6. The summed E-state index contributed by atoms with van der Waals surface area (Å²) in [5, 5.41) is 8.07. The van der Waals surface area contributed by atoms with Crippen LogP contribution in [0.1, 0.15) is 6.92 Å². The van der Waals surface area contributed by atoms with Crippen molar-refractivity contribution in [3.05, 3.63) is 40.2 Å². The standard InChI is InChI=1S/C11H12BrClN4/c1-8(7-17-4-2-3-15-17)16-11-10(12)5-9(13)6-14-11/h2-6,8H,7H2,1H3,(H,14,16). The SMILES string of the molecule is CC(Cn1cccn1)Nc1ncc(Cl)cc1Br. The van der Waals surface area contributed by atoms with Crippen LogP contribution in [0.5, 0.6) is 0 Å². The lowest BCUT2D eigenvalue weighted by atomic mass is 10.3. The number of nitrogens with zero attached hydrogens (tertiary/aromatic N) is 3. The Bertz CT molecular complexity index is 486. The molecular formula is C11H12BrClN4. The third kappa shape index (κ3) is 3.44. The molecule has 0 bridgehead atoms. The highest BCUT2D eigenvalue weighted by atomic mass is 79.9. The van der Waals surface area contributed by atoms with Gasteiger partial charge in [-0.2, -0.15) is 5.10 Å². The molecule has 0 aromatic carbocycles. The lowest BCUT2D eigenvalue weighted by Gasteiger charge is -2.15. The van der Waals surface area contributed by atoms with Gasteiger partial charge in [0.05, 0.1) is 16.0 Å². The molecule has 0 aliphatic rings. The molecule has 2 aromatic rings. The summed E-state index contributed by atoms with van der Waals surface area (Å²) in [6.07, 6.45) is 5.32. The van der Waals surface area contributed by atoms with Gasteiger partial charge in [-0.05, 0) is 35.0 Å². The van der Waals surface area contributed by atoms with E-state index in [-0.39, 0.29) is 6.04 Å². The van der Waals surface area contributed by atoms with E-state index in [1.165, 1.54) is 0 Å². The van der Waals surface area contributed by atoms with Crippen LogP contribution in [0.15, 0.2) is 35.2 Å². The van der Waals surface area contributed by atoms with E-state index in [1.807, 2.05) is 23.0 Å². The molecule has 1 unspecified atom stereocenters. The van der Waals surface area contributed by atoms with Crippen molar-refractivity contribution in [2.45, 2.75) is 19.5 Å². The molecule has 0 spiro atoms. The van der Waals surface area contributed by atoms with Crippen molar-refractivity contribution < 1.29 is 0 Å². The fourth-order valence-electron chi connectivity index (χ4n) is 1.49. The number of halogens is 2. The highest BCUT2D eigenvalue weighted by molar-refractivity contribution is 9.10. The second-order valence-electron chi connectivity index (χ2n) is 3.76. The van der Waals surface area contributed by atoms with Crippen LogP contribution in [0.2, 0.25) is 5.02 Å². The summed E-state index contributed by atoms with van der Waals surface area (Å²) in [5.41, 5.74) is 0. The minimum absolute atomic E-state index is 0.222. The Balaban J connectivity index is 2.00. The second kappa shape index (κ2) is 5.51. The van der Waals surface area contributed by atoms with Crippen molar-refractivity contribution in [3.8, 4) is 0 Å². The summed E-state index contributed by atoms with van der Waals surface area (Å²) >= 11 is 9.26. The summed E-state index contributed by atoms with van der Waals surface area (Å²) in [6.45, 7) is 2.86. The third-order valence-corrected chi connectivity index (χ3v) is 3.02. The first-order valence-electron chi connectivity index (χ1n) is 5.20. The van der Waals surface area contributed by atoms with Gasteiger partial charge in [-0.1, -0.05) is 11.6 Å². The van der Waals surface area contributed by atoms with Gasteiger partial charge in [0, 0.05) is 24.6 Å². The molecule has 90 valence electrons. The third-order valence-electron chi connectivity index (χ3n) is 2.21. The van der Waals surface area contributed by atoms with Crippen molar-refractivity contribution in [2.24, 2.45) is 0 Å². The highest BCUT2D eigenvalue weighted by Gasteiger charge is 2.07. The molecule has 2 aromatic heterocycles. The van der Waals surface area contributed by atoms with Gasteiger partial charge in [0.25, 0.3) is 0 Å². The van der Waals surface area contributed by atoms with Gasteiger partial charge in [-0.25, -0.2) is 4.98 Å². The monoisotopic (exact) mass is 314 g/mol. The van der Waals surface area contributed by atoms with E-state index in [4.69, 9.17) is 11.6 Å². The average Bonchev–Trinajstić information content (AvgIpc) is 2.75. The number of rotatable bonds is 4. The predicted octanol–water partition coefficient (Wildman–Crippen LogP) is 3.19. The Morgan fingerprint density at radius 1 is 1.59 bits per heavy atom. The summed E-state index contributed by atoms with van der Waals surface area (Å²) in [7, 11) is 0. The van der Waals surface area contributed by atoms with Gasteiger partial charge < -0.3 is 5.32 Å². The van der Waals surface area contributed by atoms with Crippen LogP contribution in [0.25, 0.3) is 0 Å². The van der Waals surface area contributed by atoms with Crippen LogP contribution in [-0.4, -0.2) is 20.8 Å². The van der Waals surface area contributed by atoms with Crippen molar-refractivity contribution in [1.29, 1.82) is 0 Å². The molecule has 17 heavy (non-hydrogen) atoms. The van der Waals surface area contributed by atoms with Crippen LogP contribution < -0.4 is 5.32 Å². The van der Waals surface area contributed by atoms with Crippen LogP contribution in [0, 0.1) is 0 Å². The molecule has 0 saturated carbocycles. The fraction of sp³-hybridized carbons (Fsp3) is 0.273. The zero-order chi connectivity index (χ0) is 12.3. The molecule has 6 heteroatoms. The maximum Gasteiger partial charge on any atom is 0.140 e. The second-order valence-corrected chi connectivity index (χ2v) is 5.05. The van der Waals surface area contributed by atoms with Gasteiger partial charge in [0.15, 0.2) is 0 Å². The molecule has 0 aliphatic carbocycles. The number of hydrogen-bond acceptors (Lipinski definition) is 3. The minimum atomic E-state index is 0.222. The van der Waals surface area contributed by atoms with E-state index < -0.39 is 0 Å². The molecule has 1 atom stereocenters. The van der Waals surface area contributed by atoms with Gasteiger partial charge in [-0.3, -0.25) is 4.68 Å². The van der Waals surface area contributed by atoms with E-state index in [0.717, 1.165) is 16.8 Å². The Kier molecular flexibility index (Phi) is 4.02. The van der Waals surface area contributed by atoms with E-state index in [0.29, 0.717) is 5.02 Å².